The van der Waals surface area contributed by atoms with E-state index in [1.807, 2.05) is 0 Å². The fourth-order valence-electron chi connectivity index (χ4n) is 2.22. The Morgan fingerprint density at radius 3 is 3.12 bits per heavy atom. The average Bonchev–Trinajstić information content (AvgIpc) is 2.39. The van der Waals surface area contributed by atoms with E-state index in [-0.39, 0.29) is 0 Å². The van der Waals surface area contributed by atoms with Crippen LogP contribution in [0.3, 0.4) is 0 Å². The van der Waals surface area contributed by atoms with Crippen molar-refractivity contribution in [3.05, 3.63) is 18.1 Å². The van der Waals surface area contributed by atoms with Crippen molar-refractivity contribution in [3.63, 3.8) is 0 Å². The van der Waals surface area contributed by atoms with Gasteiger partial charge in [0.15, 0.2) is 0 Å². The highest BCUT2D eigenvalue weighted by Gasteiger charge is 2.19. The first-order chi connectivity index (χ1) is 7.83. The molecule has 0 aromatic carbocycles. The highest BCUT2D eigenvalue weighted by molar-refractivity contribution is 5.39. The van der Waals surface area contributed by atoms with Crippen LogP contribution < -0.4 is 10.6 Å². The summed E-state index contributed by atoms with van der Waals surface area (Å²) in [5.41, 5.74) is 6.85. The molecule has 88 valence electrons. The zero-order valence-electron chi connectivity index (χ0n) is 9.89. The van der Waals surface area contributed by atoms with Crippen LogP contribution in [0.4, 0.5) is 5.82 Å². The normalized spacial score (nSPS) is 21.1. The number of anilines is 1. The topological polar surface area (TPSA) is 55.0 Å². The van der Waals surface area contributed by atoms with E-state index in [0.717, 1.165) is 37.6 Å². The Hall–Kier alpha value is -1.16. The number of aromatic nitrogens is 2. The Bertz CT molecular complexity index is 340. The molecule has 2 N–H and O–H groups in total. The summed E-state index contributed by atoms with van der Waals surface area (Å²) in [5, 5.41) is 0. The minimum absolute atomic E-state index is 0.619. The van der Waals surface area contributed by atoms with Crippen LogP contribution in [0.5, 0.6) is 0 Å². The molecule has 1 aromatic heterocycles. The predicted molar refractivity (Wildman–Crippen MR) is 65.4 cm³/mol. The Labute approximate surface area is 96.9 Å². The quantitative estimate of drug-likeness (QED) is 0.832. The standard InChI is InChI=1S/C12H20N4/c1-2-11-6-12(15-9-14-11)16-5-3-4-10(7-13)8-16/h6,9-10H,2-5,7-8,13H2,1H3. The van der Waals surface area contributed by atoms with Crippen LogP contribution in [0, 0.1) is 5.92 Å². The molecule has 4 heteroatoms. The summed E-state index contributed by atoms with van der Waals surface area (Å²) in [6.45, 7) is 5.03. The summed E-state index contributed by atoms with van der Waals surface area (Å²) < 4.78 is 0. The van der Waals surface area contributed by atoms with Gasteiger partial charge in [-0.3, -0.25) is 0 Å². The third kappa shape index (κ3) is 2.50. The van der Waals surface area contributed by atoms with E-state index in [4.69, 9.17) is 5.73 Å². The fourth-order valence-corrected chi connectivity index (χ4v) is 2.22. The van der Waals surface area contributed by atoms with E-state index in [9.17, 15) is 0 Å². The highest BCUT2D eigenvalue weighted by atomic mass is 15.2. The Morgan fingerprint density at radius 1 is 1.50 bits per heavy atom. The van der Waals surface area contributed by atoms with Gasteiger partial charge < -0.3 is 10.6 Å². The molecule has 0 radical (unpaired) electrons. The third-order valence-corrected chi connectivity index (χ3v) is 3.25. The second kappa shape index (κ2) is 5.25. The molecule has 0 spiro atoms. The first kappa shape index (κ1) is 11.3. The molecule has 1 aromatic rings. The van der Waals surface area contributed by atoms with Crippen LogP contribution in [0.15, 0.2) is 12.4 Å². The molecule has 1 aliphatic heterocycles. The molecule has 0 aliphatic carbocycles. The van der Waals surface area contributed by atoms with E-state index >= 15 is 0 Å². The summed E-state index contributed by atoms with van der Waals surface area (Å²) >= 11 is 0. The lowest BCUT2D eigenvalue weighted by molar-refractivity contribution is 0.421. The van der Waals surface area contributed by atoms with Crippen molar-refractivity contribution in [2.45, 2.75) is 26.2 Å². The SMILES string of the molecule is CCc1cc(N2CCCC(CN)C2)ncn1. The van der Waals surface area contributed by atoms with Gasteiger partial charge in [-0.15, -0.1) is 0 Å². The van der Waals surface area contributed by atoms with Crippen molar-refractivity contribution in [3.8, 4) is 0 Å². The van der Waals surface area contributed by atoms with Crippen LogP contribution in [0.2, 0.25) is 0 Å². The zero-order valence-corrected chi connectivity index (χ0v) is 9.89. The van der Waals surface area contributed by atoms with Crippen LogP contribution in [-0.2, 0) is 6.42 Å². The first-order valence-electron chi connectivity index (χ1n) is 6.09. The number of nitrogens with two attached hydrogens (primary N) is 1. The Morgan fingerprint density at radius 2 is 2.38 bits per heavy atom. The second-order valence-electron chi connectivity index (χ2n) is 4.41. The van der Waals surface area contributed by atoms with Crippen molar-refractivity contribution in [1.29, 1.82) is 0 Å². The van der Waals surface area contributed by atoms with E-state index in [2.05, 4.69) is 27.9 Å². The van der Waals surface area contributed by atoms with E-state index in [1.165, 1.54) is 12.8 Å². The van der Waals surface area contributed by atoms with Crippen molar-refractivity contribution in [1.82, 2.24) is 9.97 Å². The molecule has 16 heavy (non-hydrogen) atoms. The van der Waals surface area contributed by atoms with Gasteiger partial charge in [-0.25, -0.2) is 9.97 Å². The monoisotopic (exact) mass is 220 g/mol. The van der Waals surface area contributed by atoms with Crippen molar-refractivity contribution in [2.24, 2.45) is 11.7 Å². The molecular formula is C12H20N4. The molecule has 0 saturated carbocycles. The second-order valence-corrected chi connectivity index (χ2v) is 4.41. The average molecular weight is 220 g/mol. The lowest BCUT2D eigenvalue weighted by atomic mass is 9.98. The molecular weight excluding hydrogens is 200 g/mol. The summed E-state index contributed by atoms with van der Waals surface area (Å²) in [7, 11) is 0. The molecule has 2 heterocycles. The van der Waals surface area contributed by atoms with Gasteiger partial charge in [0.1, 0.15) is 12.1 Å². The fraction of sp³-hybridized carbons (Fsp3) is 0.667. The predicted octanol–water partition coefficient (Wildman–Crippen LogP) is 1.21. The Kier molecular flexibility index (Phi) is 3.72. The molecule has 4 nitrogen and oxygen atoms in total. The maximum absolute atomic E-state index is 5.74. The zero-order chi connectivity index (χ0) is 11.4. The van der Waals surface area contributed by atoms with Crippen LogP contribution in [0.25, 0.3) is 0 Å². The van der Waals surface area contributed by atoms with Gasteiger partial charge in [-0.2, -0.15) is 0 Å². The number of rotatable bonds is 3. The first-order valence-corrected chi connectivity index (χ1v) is 6.09. The van der Waals surface area contributed by atoms with Crippen LogP contribution in [-0.4, -0.2) is 29.6 Å². The third-order valence-electron chi connectivity index (χ3n) is 3.25. The molecule has 1 unspecified atom stereocenters. The van der Waals surface area contributed by atoms with Crippen molar-refractivity contribution in [2.75, 3.05) is 24.5 Å². The van der Waals surface area contributed by atoms with E-state index in [1.54, 1.807) is 6.33 Å². The molecule has 1 fully saturated rings. The number of aryl methyl sites for hydroxylation is 1. The summed E-state index contributed by atoms with van der Waals surface area (Å²) in [6, 6.07) is 2.10. The van der Waals surface area contributed by atoms with Gasteiger partial charge in [-0.1, -0.05) is 6.92 Å². The van der Waals surface area contributed by atoms with E-state index < -0.39 is 0 Å². The number of piperidine rings is 1. The van der Waals surface area contributed by atoms with Crippen molar-refractivity contribution < 1.29 is 0 Å². The van der Waals surface area contributed by atoms with Gasteiger partial charge in [-0.05, 0) is 31.7 Å². The largest absolute Gasteiger partial charge is 0.356 e. The summed E-state index contributed by atoms with van der Waals surface area (Å²) in [6.07, 6.45) is 5.09. The molecule has 1 saturated heterocycles. The van der Waals surface area contributed by atoms with Crippen LogP contribution in [0.1, 0.15) is 25.5 Å². The lowest BCUT2D eigenvalue weighted by Crippen LogP contribution is -2.38. The number of hydrogen-bond acceptors (Lipinski definition) is 4. The molecule has 0 bridgehead atoms. The molecule has 2 rings (SSSR count). The maximum Gasteiger partial charge on any atom is 0.132 e. The van der Waals surface area contributed by atoms with Crippen LogP contribution >= 0.6 is 0 Å². The van der Waals surface area contributed by atoms with Gasteiger partial charge in [0, 0.05) is 24.8 Å². The van der Waals surface area contributed by atoms with E-state index in [0.29, 0.717) is 5.92 Å². The number of nitrogens with zero attached hydrogens (tertiary/aromatic N) is 3. The molecule has 1 aliphatic rings. The van der Waals surface area contributed by atoms with Gasteiger partial charge in [0.2, 0.25) is 0 Å². The Balaban J connectivity index is 2.10. The molecule has 0 amide bonds. The minimum Gasteiger partial charge on any atom is -0.356 e. The van der Waals surface area contributed by atoms with Crippen molar-refractivity contribution >= 4 is 5.82 Å². The highest BCUT2D eigenvalue weighted by Crippen LogP contribution is 2.20. The smallest absolute Gasteiger partial charge is 0.132 e. The summed E-state index contributed by atoms with van der Waals surface area (Å²) in [5.74, 6) is 1.68. The molecule has 1 atom stereocenters. The number of hydrogen-bond donors (Lipinski definition) is 1. The lowest BCUT2D eigenvalue weighted by Gasteiger charge is -2.33. The van der Waals surface area contributed by atoms with Gasteiger partial charge in [0.25, 0.3) is 0 Å². The van der Waals surface area contributed by atoms with Gasteiger partial charge in [0.05, 0.1) is 0 Å². The minimum atomic E-state index is 0.619. The maximum atomic E-state index is 5.74. The summed E-state index contributed by atoms with van der Waals surface area (Å²) in [4.78, 5) is 10.9. The van der Waals surface area contributed by atoms with Gasteiger partial charge >= 0.3 is 0 Å².